The largest absolute Gasteiger partial charge is 0.490 e. The minimum atomic E-state index is 0.395. The molecular formula is C12H16N2O. The number of piperidine rings is 1. The third-order valence-corrected chi connectivity index (χ3v) is 3.38. The Bertz CT molecular complexity index is 316. The van der Waals surface area contributed by atoms with E-state index >= 15 is 0 Å². The Labute approximate surface area is 89.9 Å². The molecule has 0 radical (unpaired) electrons. The minimum Gasteiger partial charge on any atom is -0.490 e. The molecule has 2 unspecified atom stereocenters. The zero-order chi connectivity index (χ0) is 10.1. The third-order valence-electron chi connectivity index (χ3n) is 3.38. The van der Waals surface area contributed by atoms with Crippen LogP contribution in [0.25, 0.3) is 0 Å². The van der Waals surface area contributed by atoms with Crippen LogP contribution in [0.3, 0.4) is 0 Å². The van der Waals surface area contributed by atoms with Gasteiger partial charge in [-0.3, -0.25) is 4.98 Å². The van der Waals surface area contributed by atoms with E-state index in [0.717, 1.165) is 18.6 Å². The van der Waals surface area contributed by atoms with Gasteiger partial charge in [-0.25, -0.2) is 0 Å². The number of aromatic nitrogens is 1. The van der Waals surface area contributed by atoms with Gasteiger partial charge in [-0.05, 0) is 37.8 Å². The summed E-state index contributed by atoms with van der Waals surface area (Å²) in [6, 6.07) is 5.25. The van der Waals surface area contributed by atoms with Gasteiger partial charge in [0.05, 0.1) is 0 Å². The van der Waals surface area contributed by atoms with E-state index in [4.69, 9.17) is 4.74 Å². The maximum Gasteiger partial charge on any atom is 0.122 e. The first-order valence-electron chi connectivity index (χ1n) is 5.73. The molecule has 0 aliphatic carbocycles. The topological polar surface area (TPSA) is 34.1 Å². The van der Waals surface area contributed by atoms with Crippen LogP contribution in [-0.4, -0.2) is 23.2 Å². The summed E-state index contributed by atoms with van der Waals surface area (Å²) in [5, 5.41) is 3.61. The highest BCUT2D eigenvalue weighted by Crippen LogP contribution is 2.29. The van der Waals surface area contributed by atoms with Gasteiger partial charge in [0, 0.05) is 24.5 Å². The number of hydrogen-bond acceptors (Lipinski definition) is 3. The summed E-state index contributed by atoms with van der Waals surface area (Å²) < 4.78 is 5.96. The summed E-state index contributed by atoms with van der Waals surface area (Å²) in [6.45, 7) is 0. The highest BCUT2D eigenvalue weighted by Gasteiger charge is 2.34. The summed E-state index contributed by atoms with van der Waals surface area (Å²) >= 11 is 0. The maximum atomic E-state index is 5.96. The van der Waals surface area contributed by atoms with Crippen LogP contribution in [0.15, 0.2) is 24.5 Å². The predicted molar refractivity (Wildman–Crippen MR) is 57.8 cm³/mol. The first-order chi connectivity index (χ1) is 7.40. The molecule has 2 aliphatic rings. The SMILES string of the molecule is c1cc(OC2CC3CC[C@H](C2)N3)ccn1. The molecule has 2 fully saturated rings. The summed E-state index contributed by atoms with van der Waals surface area (Å²) in [5.41, 5.74) is 0. The first kappa shape index (κ1) is 9.16. The Morgan fingerprint density at radius 2 is 1.80 bits per heavy atom. The number of pyridine rings is 1. The molecule has 2 saturated heterocycles. The zero-order valence-electron chi connectivity index (χ0n) is 8.73. The highest BCUT2D eigenvalue weighted by molar-refractivity contribution is 5.17. The van der Waals surface area contributed by atoms with E-state index in [0.29, 0.717) is 18.2 Å². The van der Waals surface area contributed by atoms with Crippen molar-refractivity contribution in [1.82, 2.24) is 10.3 Å². The maximum absolute atomic E-state index is 5.96. The lowest BCUT2D eigenvalue weighted by Crippen LogP contribution is -2.42. The number of nitrogens with zero attached hydrogens (tertiary/aromatic N) is 1. The van der Waals surface area contributed by atoms with Gasteiger partial charge < -0.3 is 10.1 Å². The lowest BCUT2D eigenvalue weighted by atomic mass is 10.0. The fourth-order valence-corrected chi connectivity index (χ4v) is 2.71. The van der Waals surface area contributed by atoms with E-state index in [9.17, 15) is 0 Å². The van der Waals surface area contributed by atoms with E-state index in [1.165, 1.54) is 12.8 Å². The standard InChI is InChI=1S/C12H16N2O/c1-2-10-8-12(7-9(1)14-10)15-11-3-5-13-6-4-11/h3-6,9-10,12,14H,1-2,7-8H2/t9-,10?,12?/m1/s1. The van der Waals surface area contributed by atoms with Crippen LogP contribution >= 0.6 is 0 Å². The van der Waals surface area contributed by atoms with Crippen molar-refractivity contribution < 1.29 is 4.74 Å². The van der Waals surface area contributed by atoms with Gasteiger partial charge in [0.15, 0.2) is 0 Å². The van der Waals surface area contributed by atoms with Crippen molar-refractivity contribution >= 4 is 0 Å². The average Bonchev–Trinajstić information content (AvgIpc) is 2.60. The van der Waals surface area contributed by atoms with Crippen LogP contribution in [0, 0.1) is 0 Å². The molecule has 0 spiro atoms. The molecule has 1 aromatic heterocycles. The molecule has 3 nitrogen and oxygen atoms in total. The summed E-state index contributed by atoms with van der Waals surface area (Å²) in [6.07, 6.45) is 8.90. The number of ether oxygens (including phenoxy) is 1. The van der Waals surface area contributed by atoms with E-state index in [2.05, 4.69) is 10.3 Å². The summed E-state index contributed by atoms with van der Waals surface area (Å²) in [4.78, 5) is 3.99. The van der Waals surface area contributed by atoms with Gasteiger partial charge in [0.2, 0.25) is 0 Å². The molecule has 3 rings (SSSR count). The third kappa shape index (κ3) is 1.97. The van der Waals surface area contributed by atoms with E-state index in [-0.39, 0.29) is 0 Å². The van der Waals surface area contributed by atoms with Gasteiger partial charge in [-0.1, -0.05) is 0 Å². The quantitative estimate of drug-likeness (QED) is 0.796. The van der Waals surface area contributed by atoms with Crippen molar-refractivity contribution in [3.63, 3.8) is 0 Å². The Balaban J connectivity index is 1.65. The number of nitrogens with one attached hydrogen (secondary N) is 1. The molecule has 1 aromatic rings. The van der Waals surface area contributed by atoms with Crippen LogP contribution in [0.5, 0.6) is 5.75 Å². The smallest absolute Gasteiger partial charge is 0.122 e. The van der Waals surface area contributed by atoms with Gasteiger partial charge in [0.1, 0.15) is 11.9 Å². The Kier molecular flexibility index (Phi) is 2.33. The van der Waals surface area contributed by atoms with Crippen LogP contribution < -0.4 is 10.1 Å². The van der Waals surface area contributed by atoms with Crippen LogP contribution in [0.4, 0.5) is 0 Å². The van der Waals surface area contributed by atoms with Crippen molar-refractivity contribution in [3.05, 3.63) is 24.5 Å². The summed E-state index contributed by atoms with van der Waals surface area (Å²) in [7, 11) is 0. The van der Waals surface area contributed by atoms with Gasteiger partial charge in [0.25, 0.3) is 0 Å². The molecule has 0 saturated carbocycles. The normalized spacial score (nSPS) is 34.0. The molecule has 1 N–H and O–H groups in total. The molecule has 0 amide bonds. The number of fused-ring (bicyclic) bond motifs is 2. The molecule has 3 heterocycles. The fourth-order valence-electron chi connectivity index (χ4n) is 2.71. The Morgan fingerprint density at radius 3 is 2.47 bits per heavy atom. The van der Waals surface area contributed by atoms with Gasteiger partial charge in [-0.2, -0.15) is 0 Å². The van der Waals surface area contributed by atoms with Crippen LogP contribution in [-0.2, 0) is 0 Å². The minimum absolute atomic E-state index is 0.395. The van der Waals surface area contributed by atoms with Crippen molar-refractivity contribution in [1.29, 1.82) is 0 Å². The fraction of sp³-hybridized carbons (Fsp3) is 0.583. The van der Waals surface area contributed by atoms with Crippen LogP contribution in [0.2, 0.25) is 0 Å². The van der Waals surface area contributed by atoms with Crippen LogP contribution in [0.1, 0.15) is 25.7 Å². The van der Waals surface area contributed by atoms with E-state index < -0.39 is 0 Å². The van der Waals surface area contributed by atoms with Gasteiger partial charge >= 0.3 is 0 Å². The second kappa shape index (κ2) is 3.81. The van der Waals surface area contributed by atoms with Gasteiger partial charge in [-0.15, -0.1) is 0 Å². The molecule has 2 aliphatic heterocycles. The zero-order valence-corrected chi connectivity index (χ0v) is 8.73. The number of rotatable bonds is 2. The summed E-state index contributed by atoms with van der Waals surface area (Å²) in [5.74, 6) is 0.955. The van der Waals surface area contributed by atoms with Crippen molar-refractivity contribution in [2.24, 2.45) is 0 Å². The second-order valence-corrected chi connectivity index (χ2v) is 4.53. The number of hydrogen-bond donors (Lipinski definition) is 1. The molecule has 3 heteroatoms. The molecular weight excluding hydrogens is 188 g/mol. The Hall–Kier alpha value is -1.09. The van der Waals surface area contributed by atoms with Crippen molar-refractivity contribution in [2.75, 3.05) is 0 Å². The lowest BCUT2D eigenvalue weighted by Gasteiger charge is -2.29. The van der Waals surface area contributed by atoms with Crippen molar-refractivity contribution in [3.8, 4) is 5.75 Å². The monoisotopic (exact) mass is 204 g/mol. The molecule has 80 valence electrons. The van der Waals surface area contributed by atoms with E-state index in [1.807, 2.05) is 12.1 Å². The first-order valence-corrected chi connectivity index (χ1v) is 5.73. The second-order valence-electron chi connectivity index (χ2n) is 4.53. The molecule has 0 aromatic carbocycles. The molecule has 2 bridgehead atoms. The van der Waals surface area contributed by atoms with E-state index in [1.54, 1.807) is 12.4 Å². The molecule has 3 atom stereocenters. The average molecular weight is 204 g/mol. The highest BCUT2D eigenvalue weighted by atomic mass is 16.5. The predicted octanol–water partition coefficient (Wildman–Crippen LogP) is 1.74. The van der Waals surface area contributed by atoms with Crippen molar-refractivity contribution in [2.45, 2.75) is 43.9 Å². The Morgan fingerprint density at radius 1 is 1.13 bits per heavy atom. The lowest BCUT2D eigenvalue weighted by molar-refractivity contribution is 0.137. The molecule has 15 heavy (non-hydrogen) atoms.